The molecule has 2 aliphatic carbocycles. The van der Waals surface area contributed by atoms with Gasteiger partial charge in [0.1, 0.15) is 17.8 Å². The summed E-state index contributed by atoms with van der Waals surface area (Å²) < 4.78 is 46.9. The maximum atomic E-state index is 13.3. The van der Waals surface area contributed by atoms with Crippen LogP contribution in [0, 0.1) is 23.2 Å². The lowest BCUT2D eigenvalue weighted by atomic mass is 9.51. The van der Waals surface area contributed by atoms with Crippen molar-refractivity contribution < 1.29 is 71.8 Å². The van der Waals surface area contributed by atoms with Gasteiger partial charge in [-0.15, -0.1) is 0 Å². The van der Waals surface area contributed by atoms with Gasteiger partial charge in [0.15, 0.2) is 30.0 Å². The van der Waals surface area contributed by atoms with Crippen LogP contribution in [0.15, 0.2) is 23.8 Å². The highest BCUT2D eigenvalue weighted by atomic mass is 16.7. The van der Waals surface area contributed by atoms with Gasteiger partial charge in [-0.3, -0.25) is 28.8 Å². The third kappa shape index (κ3) is 7.11. The maximum Gasteiger partial charge on any atom is 0.312 e. The Labute approximate surface area is 284 Å². The van der Waals surface area contributed by atoms with Crippen LogP contribution in [0.5, 0.6) is 0 Å². The average Bonchev–Trinajstić information content (AvgIpc) is 3.72. The number of fused-ring (bicyclic) bond motifs is 3. The number of carbonyl (C=O) groups is 6. The number of rotatable bonds is 9. The van der Waals surface area contributed by atoms with Gasteiger partial charge in [-0.1, -0.05) is 26.8 Å². The fourth-order valence-electron chi connectivity index (χ4n) is 7.61. The summed E-state index contributed by atoms with van der Waals surface area (Å²) in [5.41, 5.74) is -5.48. The van der Waals surface area contributed by atoms with E-state index in [1.165, 1.54) is 39.2 Å². The largest absolute Gasteiger partial charge is 0.459 e. The summed E-state index contributed by atoms with van der Waals surface area (Å²) in [6.07, 6.45) is -4.77. The Hall–Kier alpha value is -3.82. The van der Waals surface area contributed by atoms with Gasteiger partial charge in [0.2, 0.25) is 0 Å². The highest BCUT2D eigenvalue weighted by Gasteiger charge is 2.81. The van der Waals surface area contributed by atoms with Crippen LogP contribution in [0.1, 0.15) is 61.8 Å². The lowest BCUT2D eigenvalue weighted by Crippen LogP contribution is -2.76. The second kappa shape index (κ2) is 14.2. The molecule has 0 aromatic rings. The van der Waals surface area contributed by atoms with Gasteiger partial charge >= 0.3 is 35.8 Å². The minimum Gasteiger partial charge on any atom is -0.459 e. The number of hydrogen-bond donors (Lipinski definition) is 1. The molecule has 2 aliphatic heterocycles. The van der Waals surface area contributed by atoms with Gasteiger partial charge in [-0.25, -0.2) is 0 Å². The molecule has 11 atom stereocenters. The molecule has 4 rings (SSSR count). The quantitative estimate of drug-likeness (QED) is 0.207. The molecule has 0 amide bonds. The van der Waals surface area contributed by atoms with E-state index in [4.69, 9.17) is 37.9 Å². The van der Waals surface area contributed by atoms with Gasteiger partial charge in [-0.2, -0.15) is 0 Å². The van der Waals surface area contributed by atoms with Crippen molar-refractivity contribution in [2.75, 3.05) is 20.3 Å². The highest BCUT2D eigenvalue weighted by molar-refractivity contribution is 5.78. The first-order valence-electron chi connectivity index (χ1n) is 16.2. The van der Waals surface area contributed by atoms with E-state index >= 15 is 0 Å². The molecular weight excluding hydrogens is 648 g/mol. The van der Waals surface area contributed by atoms with Gasteiger partial charge in [0.05, 0.1) is 24.5 Å². The number of esters is 6. The van der Waals surface area contributed by atoms with E-state index in [1.54, 1.807) is 13.8 Å². The Morgan fingerprint density at radius 1 is 0.918 bits per heavy atom. The summed E-state index contributed by atoms with van der Waals surface area (Å²) in [5.74, 6) is -7.69. The number of methoxy groups -OCH3 is 1. The summed E-state index contributed by atoms with van der Waals surface area (Å²) in [6, 6.07) is 0. The molecule has 0 unspecified atom stereocenters. The van der Waals surface area contributed by atoms with Crippen molar-refractivity contribution in [2.24, 2.45) is 23.2 Å². The van der Waals surface area contributed by atoms with Crippen LogP contribution in [0.25, 0.3) is 0 Å². The van der Waals surface area contributed by atoms with Crippen molar-refractivity contribution in [3.8, 4) is 0 Å². The van der Waals surface area contributed by atoms with Gasteiger partial charge in [0.25, 0.3) is 0 Å². The lowest BCUT2D eigenvalue weighted by molar-refractivity contribution is -0.279. The first kappa shape index (κ1) is 38.0. The van der Waals surface area contributed by atoms with Gasteiger partial charge in [0, 0.05) is 47.1 Å². The molecule has 0 aromatic carbocycles. The SMILES string of the molecule is COCC1=C[C@@H]2OC(=O)[C@H](C)[C@@]2(O)[C@@H](OC(C)=O)[C@H]2[C@@]3(CO3)[C@H](OC(=O)CC(C)C)[C@H](OC(C)=O)[C@H](OC(C)=O)[C@]2(C)[C@@H](OC(C)=O)C=C1. The standard InChI is InChI=1S/C34H46O15/c1-16(2)12-25(39)49-29-26(45-19(5)36)28(46-20(6)37)32(8)23(44-18(4)35)11-10-22(14-42-9)13-24-34(41,17(3)31(40)48-24)30(47-21(7)38)27(32)33(29)15-43-33/h10-11,13,16-17,23-24,26-30,41H,12,14-15H2,1-9H3/t17-,23-,24-,26+,27+,28-,29+,30-,32+,33-,34-/m0/s1. The molecule has 15 heteroatoms. The average molecular weight is 695 g/mol. The molecule has 0 bridgehead atoms. The van der Waals surface area contributed by atoms with Crippen LogP contribution < -0.4 is 0 Å². The minimum atomic E-state index is -2.33. The van der Waals surface area contributed by atoms with E-state index in [0.29, 0.717) is 5.57 Å². The third-order valence-corrected chi connectivity index (χ3v) is 9.66. The zero-order valence-corrected chi connectivity index (χ0v) is 29.2. The van der Waals surface area contributed by atoms with Gasteiger partial charge in [-0.05, 0) is 30.6 Å². The van der Waals surface area contributed by atoms with E-state index in [2.05, 4.69) is 0 Å². The van der Waals surface area contributed by atoms with E-state index in [0.717, 1.165) is 27.7 Å². The molecule has 0 radical (unpaired) electrons. The van der Waals surface area contributed by atoms with Crippen LogP contribution in [0.2, 0.25) is 0 Å². The zero-order chi connectivity index (χ0) is 36.6. The molecule has 3 fully saturated rings. The zero-order valence-electron chi connectivity index (χ0n) is 29.2. The van der Waals surface area contributed by atoms with Crippen LogP contribution in [-0.4, -0.2) is 109 Å². The van der Waals surface area contributed by atoms with E-state index in [1.807, 2.05) is 0 Å². The van der Waals surface area contributed by atoms with Crippen LogP contribution >= 0.6 is 0 Å². The second-order valence-electron chi connectivity index (χ2n) is 13.8. The summed E-state index contributed by atoms with van der Waals surface area (Å²) in [7, 11) is 1.42. The third-order valence-electron chi connectivity index (χ3n) is 9.66. The van der Waals surface area contributed by atoms with Gasteiger partial charge < -0.3 is 43.0 Å². The number of carbonyl (C=O) groups excluding carboxylic acids is 6. The number of aliphatic hydroxyl groups is 1. The van der Waals surface area contributed by atoms with Crippen LogP contribution in [-0.2, 0) is 66.7 Å². The van der Waals surface area contributed by atoms with Crippen molar-refractivity contribution in [3.05, 3.63) is 23.8 Å². The molecule has 1 saturated carbocycles. The molecule has 49 heavy (non-hydrogen) atoms. The maximum absolute atomic E-state index is 13.3. The van der Waals surface area contributed by atoms with Crippen molar-refractivity contribution >= 4 is 35.8 Å². The Morgan fingerprint density at radius 3 is 2.00 bits per heavy atom. The molecule has 4 aliphatic rings. The normalized spacial score (nSPS) is 37.9. The number of epoxide rings is 1. The fourth-order valence-corrected chi connectivity index (χ4v) is 7.61. The molecular formula is C34H46O15. The molecule has 2 heterocycles. The fraction of sp³-hybridized carbons (Fsp3) is 0.706. The molecule has 2 saturated heterocycles. The molecule has 0 aromatic heterocycles. The van der Waals surface area contributed by atoms with E-state index < -0.39 is 101 Å². The first-order valence-corrected chi connectivity index (χ1v) is 16.2. The number of hydrogen-bond acceptors (Lipinski definition) is 15. The topological polar surface area (TPSA) is 200 Å². The molecule has 15 nitrogen and oxygen atoms in total. The Bertz CT molecular complexity index is 1410. The summed E-state index contributed by atoms with van der Waals surface area (Å²) in [6.45, 7) is 10.8. The summed E-state index contributed by atoms with van der Waals surface area (Å²) in [5, 5.41) is 12.8. The minimum absolute atomic E-state index is 0.0510. The van der Waals surface area contributed by atoms with Crippen LogP contribution in [0.4, 0.5) is 0 Å². The monoisotopic (exact) mass is 694 g/mol. The molecule has 1 N–H and O–H groups in total. The van der Waals surface area contributed by atoms with E-state index in [9.17, 15) is 33.9 Å². The Balaban J connectivity index is 2.15. The van der Waals surface area contributed by atoms with E-state index in [-0.39, 0.29) is 25.6 Å². The highest BCUT2D eigenvalue weighted by Crippen LogP contribution is 2.63. The predicted molar refractivity (Wildman–Crippen MR) is 165 cm³/mol. The van der Waals surface area contributed by atoms with Crippen molar-refractivity contribution in [1.29, 1.82) is 0 Å². The van der Waals surface area contributed by atoms with Crippen molar-refractivity contribution in [1.82, 2.24) is 0 Å². The second-order valence-corrected chi connectivity index (χ2v) is 13.8. The summed E-state index contributed by atoms with van der Waals surface area (Å²) in [4.78, 5) is 78.0. The number of ether oxygens (including phenoxy) is 8. The molecule has 1 spiro atoms. The smallest absolute Gasteiger partial charge is 0.312 e. The molecule has 272 valence electrons. The lowest BCUT2D eigenvalue weighted by Gasteiger charge is -2.59. The van der Waals surface area contributed by atoms with Crippen LogP contribution in [0.3, 0.4) is 0 Å². The van der Waals surface area contributed by atoms with Crippen molar-refractivity contribution in [3.63, 3.8) is 0 Å². The Kier molecular flexibility index (Phi) is 11.0. The summed E-state index contributed by atoms with van der Waals surface area (Å²) >= 11 is 0. The van der Waals surface area contributed by atoms with Crippen molar-refractivity contribution in [2.45, 2.75) is 110 Å². The first-order chi connectivity index (χ1) is 22.8. The predicted octanol–water partition coefficient (Wildman–Crippen LogP) is 1.51. The Morgan fingerprint density at radius 2 is 1.49 bits per heavy atom.